The van der Waals surface area contributed by atoms with Crippen molar-refractivity contribution in [2.75, 3.05) is 0 Å². The average molecular weight is 394 g/mol. The van der Waals surface area contributed by atoms with Crippen LogP contribution in [0.1, 0.15) is 6.92 Å². The predicted octanol–water partition coefficient (Wildman–Crippen LogP) is 5.54. The summed E-state index contributed by atoms with van der Waals surface area (Å²) in [6, 6.07) is 14.5. The molecule has 0 radical (unpaired) electrons. The molecule has 3 aromatic rings. The summed E-state index contributed by atoms with van der Waals surface area (Å²) in [6.07, 6.45) is -0.894. The minimum atomic E-state index is -1.00. The van der Waals surface area contributed by atoms with E-state index in [1.807, 2.05) is 30.3 Å². The van der Waals surface area contributed by atoms with Gasteiger partial charge in [-0.2, -0.15) is 0 Å². The van der Waals surface area contributed by atoms with Crippen molar-refractivity contribution in [2.24, 2.45) is 0 Å². The molecule has 2 aromatic carbocycles. The number of hydrogen-bond acceptors (Lipinski definition) is 4. The van der Waals surface area contributed by atoms with Crippen LogP contribution in [0.4, 0.5) is 0 Å². The number of carbonyl (C=O) groups is 1. The Morgan fingerprint density at radius 2 is 1.88 bits per heavy atom. The van der Waals surface area contributed by atoms with E-state index in [2.05, 4.69) is 4.98 Å². The van der Waals surface area contributed by atoms with Crippen LogP contribution in [0.25, 0.3) is 10.9 Å². The quantitative estimate of drug-likeness (QED) is 0.615. The Labute approximate surface area is 158 Å². The predicted molar refractivity (Wildman–Crippen MR) is 100 cm³/mol. The van der Waals surface area contributed by atoms with Gasteiger partial charge in [-0.1, -0.05) is 41.0 Å². The van der Waals surface area contributed by atoms with Crippen LogP contribution in [0.15, 0.2) is 58.5 Å². The fourth-order valence-corrected chi connectivity index (χ4v) is 3.50. The highest BCUT2D eigenvalue weighted by Gasteiger charge is 2.12. The molecule has 3 rings (SSSR count). The fourth-order valence-electron chi connectivity index (χ4n) is 2.16. The molecule has 0 spiro atoms. The van der Waals surface area contributed by atoms with Crippen molar-refractivity contribution in [3.63, 3.8) is 0 Å². The first-order chi connectivity index (χ1) is 11.9. The van der Waals surface area contributed by atoms with Gasteiger partial charge < -0.3 is 9.84 Å². The number of halogens is 2. The van der Waals surface area contributed by atoms with Gasteiger partial charge in [0, 0.05) is 15.3 Å². The third-order valence-corrected chi connectivity index (χ3v) is 4.84. The van der Waals surface area contributed by atoms with E-state index in [1.165, 1.54) is 18.7 Å². The molecule has 1 N–H and O–H groups in total. The summed E-state index contributed by atoms with van der Waals surface area (Å²) in [5.41, 5.74) is 0.700. The Morgan fingerprint density at radius 3 is 2.56 bits per heavy atom. The minimum absolute atomic E-state index is 0.503. The number of rotatable bonds is 5. The van der Waals surface area contributed by atoms with E-state index in [0.717, 1.165) is 15.3 Å². The lowest BCUT2D eigenvalue weighted by Gasteiger charge is -2.10. The molecular formula is C18H13Cl2NO3S. The third-order valence-electron chi connectivity index (χ3n) is 3.39. The molecule has 1 unspecified atom stereocenters. The molecule has 4 nitrogen and oxygen atoms in total. The summed E-state index contributed by atoms with van der Waals surface area (Å²) < 4.78 is 5.31. The topological polar surface area (TPSA) is 59.4 Å². The number of fused-ring (bicyclic) bond motifs is 1. The van der Waals surface area contributed by atoms with E-state index >= 15 is 0 Å². The zero-order valence-electron chi connectivity index (χ0n) is 13.1. The largest absolute Gasteiger partial charge is 0.479 e. The standard InChI is InChI=1S/C18H13Cl2NO3S/c1-10(18(22)23)24-13-3-5-14(6-4-13)25-16-7-2-11-8-12(19)9-15(20)17(11)21-16/h2-10H,1H3,(H,22,23). The van der Waals surface area contributed by atoms with Crippen LogP contribution in [0, 0.1) is 0 Å². The summed E-state index contributed by atoms with van der Waals surface area (Å²) in [7, 11) is 0. The van der Waals surface area contributed by atoms with Crippen molar-refractivity contribution in [3.05, 3.63) is 58.6 Å². The summed E-state index contributed by atoms with van der Waals surface area (Å²) in [6.45, 7) is 1.49. The lowest BCUT2D eigenvalue weighted by atomic mass is 10.2. The van der Waals surface area contributed by atoms with Gasteiger partial charge in [0.05, 0.1) is 10.5 Å². The second kappa shape index (κ2) is 7.52. The van der Waals surface area contributed by atoms with Crippen LogP contribution in [-0.4, -0.2) is 22.2 Å². The molecule has 0 aliphatic heterocycles. The number of aliphatic carboxylic acids is 1. The van der Waals surface area contributed by atoms with E-state index in [-0.39, 0.29) is 0 Å². The Kier molecular flexibility index (Phi) is 5.37. The lowest BCUT2D eigenvalue weighted by molar-refractivity contribution is -0.144. The van der Waals surface area contributed by atoms with E-state index < -0.39 is 12.1 Å². The normalized spacial score (nSPS) is 12.1. The molecule has 0 aliphatic carbocycles. The second-order valence-corrected chi connectivity index (χ2v) is 7.22. The molecule has 1 heterocycles. The van der Waals surface area contributed by atoms with Crippen LogP contribution in [0.5, 0.6) is 5.75 Å². The van der Waals surface area contributed by atoms with E-state index in [9.17, 15) is 4.79 Å². The summed E-state index contributed by atoms with van der Waals surface area (Å²) >= 11 is 13.7. The van der Waals surface area contributed by atoms with Gasteiger partial charge in [-0.25, -0.2) is 9.78 Å². The van der Waals surface area contributed by atoms with Gasteiger partial charge in [-0.3, -0.25) is 0 Å². The van der Waals surface area contributed by atoms with Gasteiger partial charge in [-0.15, -0.1) is 0 Å². The first-order valence-corrected chi connectivity index (χ1v) is 8.93. The van der Waals surface area contributed by atoms with Crippen LogP contribution in [0.3, 0.4) is 0 Å². The van der Waals surface area contributed by atoms with Crippen molar-refractivity contribution in [2.45, 2.75) is 22.9 Å². The Morgan fingerprint density at radius 1 is 1.16 bits per heavy atom. The zero-order chi connectivity index (χ0) is 18.0. The van der Waals surface area contributed by atoms with E-state index in [0.29, 0.717) is 21.3 Å². The number of pyridine rings is 1. The average Bonchev–Trinajstić information content (AvgIpc) is 2.57. The molecule has 1 aromatic heterocycles. The second-order valence-electron chi connectivity index (χ2n) is 5.28. The molecule has 128 valence electrons. The van der Waals surface area contributed by atoms with Gasteiger partial charge in [0.25, 0.3) is 0 Å². The molecule has 0 saturated carbocycles. The molecule has 7 heteroatoms. The maximum atomic E-state index is 10.8. The SMILES string of the molecule is CC(Oc1ccc(Sc2ccc3cc(Cl)cc(Cl)c3n2)cc1)C(=O)O. The third kappa shape index (κ3) is 4.37. The molecule has 25 heavy (non-hydrogen) atoms. The first-order valence-electron chi connectivity index (χ1n) is 7.35. The number of ether oxygens (including phenoxy) is 1. The van der Waals surface area contributed by atoms with Crippen LogP contribution < -0.4 is 4.74 Å². The van der Waals surface area contributed by atoms with Crippen molar-refractivity contribution in [3.8, 4) is 5.75 Å². The van der Waals surface area contributed by atoms with Crippen LogP contribution in [0.2, 0.25) is 10.0 Å². The maximum absolute atomic E-state index is 10.8. The molecule has 0 aliphatic rings. The smallest absolute Gasteiger partial charge is 0.344 e. The lowest BCUT2D eigenvalue weighted by Crippen LogP contribution is -2.22. The number of nitrogens with zero attached hydrogens (tertiary/aromatic N) is 1. The van der Waals surface area contributed by atoms with Crippen LogP contribution >= 0.6 is 35.0 Å². The zero-order valence-corrected chi connectivity index (χ0v) is 15.4. The fraction of sp³-hybridized carbons (Fsp3) is 0.111. The van der Waals surface area contributed by atoms with Gasteiger partial charge in [-0.05, 0) is 49.4 Å². The first kappa shape index (κ1) is 17.9. The molecule has 0 bridgehead atoms. The van der Waals surface area contributed by atoms with E-state index in [4.69, 9.17) is 33.0 Å². The van der Waals surface area contributed by atoms with Gasteiger partial charge in [0.15, 0.2) is 6.10 Å². The minimum Gasteiger partial charge on any atom is -0.479 e. The molecule has 1 atom stereocenters. The van der Waals surface area contributed by atoms with Gasteiger partial charge >= 0.3 is 5.97 Å². The summed E-state index contributed by atoms with van der Waals surface area (Å²) in [4.78, 5) is 16.3. The number of carboxylic acid groups (broad SMARTS) is 1. The highest BCUT2D eigenvalue weighted by atomic mass is 35.5. The Balaban J connectivity index is 1.78. The monoisotopic (exact) mass is 393 g/mol. The van der Waals surface area contributed by atoms with Crippen molar-refractivity contribution in [1.29, 1.82) is 0 Å². The summed E-state index contributed by atoms with van der Waals surface area (Å²) in [5, 5.41) is 11.6. The van der Waals surface area contributed by atoms with Gasteiger partial charge in [0.1, 0.15) is 10.8 Å². The van der Waals surface area contributed by atoms with Crippen LogP contribution in [-0.2, 0) is 4.79 Å². The van der Waals surface area contributed by atoms with Crippen molar-refractivity contribution >= 4 is 51.8 Å². The van der Waals surface area contributed by atoms with Gasteiger partial charge in [0.2, 0.25) is 0 Å². The van der Waals surface area contributed by atoms with Crippen molar-refractivity contribution < 1.29 is 14.6 Å². The molecule has 0 saturated heterocycles. The highest BCUT2D eigenvalue weighted by molar-refractivity contribution is 7.99. The number of hydrogen-bond donors (Lipinski definition) is 1. The molecule has 0 fully saturated rings. The number of aromatic nitrogens is 1. The summed E-state index contributed by atoms with van der Waals surface area (Å²) in [5.74, 6) is -0.501. The Hall–Kier alpha value is -1.95. The highest BCUT2D eigenvalue weighted by Crippen LogP contribution is 2.32. The maximum Gasteiger partial charge on any atom is 0.344 e. The number of carboxylic acids is 1. The van der Waals surface area contributed by atoms with E-state index in [1.54, 1.807) is 18.2 Å². The van der Waals surface area contributed by atoms with Crippen molar-refractivity contribution in [1.82, 2.24) is 4.98 Å². The molecular weight excluding hydrogens is 381 g/mol. The Bertz CT molecular complexity index is 932. The molecule has 0 amide bonds. The number of benzene rings is 2.